The highest BCUT2D eigenvalue weighted by atomic mass is 16.5. The molecule has 6 heteroatoms. The molecule has 132 valence electrons. The number of likely N-dealkylation sites (N-methyl/N-ethyl adjacent to an activating group) is 1. The fourth-order valence-electron chi connectivity index (χ4n) is 2.12. The third-order valence-corrected chi connectivity index (χ3v) is 3.30. The molecule has 1 aromatic rings. The van der Waals surface area contributed by atoms with Crippen molar-refractivity contribution in [1.82, 2.24) is 10.2 Å². The maximum atomic E-state index is 12.2. The molecular weight excluding hydrogens is 308 g/mol. The van der Waals surface area contributed by atoms with E-state index in [1.165, 1.54) is 11.0 Å². The summed E-state index contributed by atoms with van der Waals surface area (Å²) in [6, 6.07) is 5.43. The number of nitrogens with zero attached hydrogens (tertiary/aromatic N) is 1. The Balaban J connectivity index is 2.77. The van der Waals surface area contributed by atoms with Crippen LogP contribution in [0.3, 0.4) is 0 Å². The molecule has 0 heterocycles. The van der Waals surface area contributed by atoms with E-state index in [0.29, 0.717) is 18.0 Å². The van der Waals surface area contributed by atoms with Crippen LogP contribution < -0.4 is 14.8 Å². The summed E-state index contributed by atoms with van der Waals surface area (Å²) < 4.78 is 10.4. The molecule has 2 amide bonds. The highest BCUT2D eigenvalue weighted by Gasteiger charge is 2.13. The maximum Gasteiger partial charge on any atom is 0.247 e. The Kier molecular flexibility index (Phi) is 7.82. The van der Waals surface area contributed by atoms with Crippen LogP contribution in [0, 0.1) is 0 Å². The number of ether oxygens (including phenoxy) is 2. The molecule has 0 aliphatic rings. The van der Waals surface area contributed by atoms with Gasteiger partial charge in [-0.3, -0.25) is 9.59 Å². The maximum absolute atomic E-state index is 12.2. The fraction of sp³-hybridized carbons (Fsp3) is 0.444. The van der Waals surface area contributed by atoms with Crippen LogP contribution >= 0.6 is 0 Å². The van der Waals surface area contributed by atoms with E-state index in [2.05, 4.69) is 5.32 Å². The summed E-state index contributed by atoms with van der Waals surface area (Å²) in [5, 5.41) is 2.78. The number of benzene rings is 1. The van der Waals surface area contributed by atoms with Crippen LogP contribution in [0.4, 0.5) is 0 Å². The molecule has 0 bridgehead atoms. The second-order valence-corrected chi connectivity index (χ2v) is 5.52. The van der Waals surface area contributed by atoms with E-state index >= 15 is 0 Å². The number of carbonyl (C=O) groups excluding carboxylic acids is 2. The molecular formula is C18H26N2O4. The van der Waals surface area contributed by atoms with Crippen LogP contribution in [-0.2, 0) is 9.59 Å². The molecule has 1 N–H and O–H groups in total. The zero-order valence-electron chi connectivity index (χ0n) is 15.0. The summed E-state index contributed by atoms with van der Waals surface area (Å²) >= 11 is 0. The van der Waals surface area contributed by atoms with Gasteiger partial charge in [0.1, 0.15) is 0 Å². The second kappa shape index (κ2) is 9.60. The van der Waals surface area contributed by atoms with Gasteiger partial charge in [-0.1, -0.05) is 6.07 Å². The molecule has 0 aliphatic heterocycles. The van der Waals surface area contributed by atoms with Crippen LogP contribution in [0.2, 0.25) is 0 Å². The zero-order valence-corrected chi connectivity index (χ0v) is 15.0. The smallest absolute Gasteiger partial charge is 0.247 e. The first kappa shape index (κ1) is 19.5. The van der Waals surface area contributed by atoms with Crippen molar-refractivity contribution in [3.05, 3.63) is 29.8 Å². The van der Waals surface area contributed by atoms with Crippen molar-refractivity contribution in [3.8, 4) is 11.5 Å². The molecule has 0 aliphatic carbocycles. The summed E-state index contributed by atoms with van der Waals surface area (Å²) in [5.74, 6) is 0.836. The number of amides is 2. The van der Waals surface area contributed by atoms with Gasteiger partial charge in [-0.25, -0.2) is 0 Å². The van der Waals surface area contributed by atoms with E-state index < -0.39 is 0 Å². The van der Waals surface area contributed by atoms with Crippen molar-refractivity contribution in [2.75, 3.05) is 27.3 Å². The lowest BCUT2D eigenvalue weighted by Gasteiger charge is -2.19. The van der Waals surface area contributed by atoms with Crippen molar-refractivity contribution in [3.63, 3.8) is 0 Å². The summed E-state index contributed by atoms with van der Waals surface area (Å²) in [5.41, 5.74) is 0.809. The van der Waals surface area contributed by atoms with Crippen molar-refractivity contribution >= 4 is 17.9 Å². The topological polar surface area (TPSA) is 67.9 Å². The molecule has 1 rings (SSSR count). The molecule has 0 spiro atoms. The molecule has 0 saturated heterocycles. The highest BCUT2D eigenvalue weighted by Crippen LogP contribution is 2.27. The molecule has 0 fully saturated rings. The Labute approximate surface area is 143 Å². The molecule has 24 heavy (non-hydrogen) atoms. The Hall–Kier alpha value is -2.50. The van der Waals surface area contributed by atoms with Crippen LogP contribution in [-0.4, -0.2) is 50.1 Å². The number of methoxy groups -OCH3 is 2. The van der Waals surface area contributed by atoms with Crippen LogP contribution in [0.25, 0.3) is 6.08 Å². The molecule has 0 unspecified atom stereocenters. The number of hydrogen-bond donors (Lipinski definition) is 1. The summed E-state index contributed by atoms with van der Waals surface area (Å²) in [6.45, 7) is 6.11. The second-order valence-electron chi connectivity index (χ2n) is 5.52. The van der Waals surface area contributed by atoms with Crippen molar-refractivity contribution in [1.29, 1.82) is 0 Å². The van der Waals surface area contributed by atoms with Gasteiger partial charge in [0.15, 0.2) is 11.5 Å². The molecule has 0 atom stereocenters. The third kappa shape index (κ3) is 5.95. The monoisotopic (exact) mass is 334 g/mol. The van der Waals surface area contributed by atoms with Gasteiger partial charge in [0.05, 0.1) is 20.8 Å². The minimum Gasteiger partial charge on any atom is -0.493 e. The van der Waals surface area contributed by atoms with E-state index in [0.717, 1.165) is 5.56 Å². The minimum atomic E-state index is -0.216. The molecule has 6 nitrogen and oxygen atoms in total. The van der Waals surface area contributed by atoms with Gasteiger partial charge in [0.2, 0.25) is 11.8 Å². The largest absolute Gasteiger partial charge is 0.493 e. The highest BCUT2D eigenvalue weighted by molar-refractivity contribution is 5.94. The predicted octanol–water partition coefficient (Wildman–Crippen LogP) is 2.09. The number of rotatable bonds is 8. The molecule has 1 aromatic carbocycles. The number of nitrogens with one attached hydrogen (secondary N) is 1. The fourth-order valence-corrected chi connectivity index (χ4v) is 2.12. The van der Waals surface area contributed by atoms with Gasteiger partial charge in [-0.2, -0.15) is 0 Å². The van der Waals surface area contributed by atoms with Crippen LogP contribution in [0.1, 0.15) is 26.3 Å². The zero-order chi connectivity index (χ0) is 18.1. The average Bonchev–Trinajstić information content (AvgIpc) is 2.56. The molecule has 0 aromatic heterocycles. The number of carbonyl (C=O) groups is 2. The predicted molar refractivity (Wildman–Crippen MR) is 94.1 cm³/mol. The Morgan fingerprint density at radius 3 is 2.42 bits per heavy atom. The van der Waals surface area contributed by atoms with Gasteiger partial charge in [0, 0.05) is 18.7 Å². The van der Waals surface area contributed by atoms with Crippen LogP contribution in [0.5, 0.6) is 11.5 Å². The van der Waals surface area contributed by atoms with Gasteiger partial charge in [-0.15, -0.1) is 0 Å². The summed E-state index contributed by atoms with van der Waals surface area (Å²) in [7, 11) is 3.13. The lowest BCUT2D eigenvalue weighted by molar-refractivity contribution is -0.132. The number of hydrogen-bond acceptors (Lipinski definition) is 4. The van der Waals surface area contributed by atoms with Crippen LogP contribution in [0.15, 0.2) is 24.3 Å². The lowest BCUT2D eigenvalue weighted by atomic mass is 10.2. The quantitative estimate of drug-likeness (QED) is 0.739. The van der Waals surface area contributed by atoms with Crippen molar-refractivity contribution < 1.29 is 19.1 Å². The van der Waals surface area contributed by atoms with E-state index in [1.807, 2.05) is 26.8 Å². The van der Waals surface area contributed by atoms with Gasteiger partial charge in [-0.05, 0) is 44.5 Å². The molecule has 0 saturated carbocycles. The minimum absolute atomic E-state index is 0.0454. The lowest BCUT2D eigenvalue weighted by Crippen LogP contribution is -2.42. The Morgan fingerprint density at radius 1 is 1.21 bits per heavy atom. The normalized spacial score (nSPS) is 10.8. The third-order valence-electron chi connectivity index (χ3n) is 3.30. The van der Waals surface area contributed by atoms with Gasteiger partial charge >= 0.3 is 0 Å². The molecule has 0 radical (unpaired) electrons. The van der Waals surface area contributed by atoms with Crippen molar-refractivity contribution in [2.24, 2.45) is 0 Å². The van der Waals surface area contributed by atoms with Gasteiger partial charge in [0.25, 0.3) is 0 Å². The Morgan fingerprint density at radius 2 is 1.88 bits per heavy atom. The first-order chi connectivity index (χ1) is 11.4. The van der Waals surface area contributed by atoms with Crippen molar-refractivity contribution in [2.45, 2.75) is 26.8 Å². The van der Waals surface area contributed by atoms with E-state index in [1.54, 1.807) is 32.4 Å². The average molecular weight is 334 g/mol. The van der Waals surface area contributed by atoms with E-state index in [-0.39, 0.29) is 24.4 Å². The summed E-state index contributed by atoms with van der Waals surface area (Å²) in [4.78, 5) is 25.5. The van der Waals surface area contributed by atoms with Gasteiger partial charge < -0.3 is 19.7 Å². The first-order valence-corrected chi connectivity index (χ1v) is 7.89. The van der Waals surface area contributed by atoms with E-state index in [9.17, 15) is 9.59 Å². The Bertz CT molecular complexity index is 597. The summed E-state index contributed by atoms with van der Waals surface area (Å²) in [6.07, 6.45) is 3.14. The first-order valence-electron chi connectivity index (χ1n) is 7.89. The SMILES string of the molecule is CCN(CC(=O)NC(C)C)C(=O)/C=C/c1ccc(OC)c(OC)c1. The standard InChI is InChI=1S/C18H26N2O4/c1-6-20(12-17(21)19-13(2)3)18(22)10-8-14-7-9-15(23-4)16(11-14)24-5/h7-11,13H,6,12H2,1-5H3,(H,19,21)/b10-8+. The van der Waals surface area contributed by atoms with E-state index in [4.69, 9.17) is 9.47 Å².